The number of nitrogens with one attached hydrogen (secondary N) is 2. The van der Waals surface area contributed by atoms with Gasteiger partial charge >= 0.3 is 26.2 Å². The van der Waals surface area contributed by atoms with Gasteiger partial charge in [0.1, 0.15) is 0 Å². The zero-order chi connectivity index (χ0) is 17.3. The van der Waals surface area contributed by atoms with Crippen molar-refractivity contribution in [3.63, 3.8) is 0 Å². The average Bonchev–Trinajstić information content (AvgIpc) is 3.27. The summed E-state index contributed by atoms with van der Waals surface area (Å²) < 4.78 is 0. The second-order valence-electron chi connectivity index (χ2n) is 6.26. The molecule has 2 heterocycles. The van der Waals surface area contributed by atoms with Crippen LogP contribution in [-0.2, 0) is 26.2 Å². The second-order valence-corrected chi connectivity index (χ2v) is 6.26. The van der Waals surface area contributed by atoms with E-state index in [-0.39, 0.29) is 51.0 Å². The van der Waals surface area contributed by atoms with Gasteiger partial charge in [-0.1, -0.05) is 47.4 Å². The van der Waals surface area contributed by atoms with Crippen LogP contribution >= 0.6 is 0 Å². The number of H-pyrrole nitrogens is 2. The minimum atomic E-state index is 0. The quantitative estimate of drug-likeness (QED) is 0.284. The number of benzene rings is 4. The molecule has 0 aliphatic carbocycles. The van der Waals surface area contributed by atoms with Gasteiger partial charge in [0.05, 0.1) is 0 Å². The minimum absolute atomic E-state index is 0. The number of rotatable bonds is 0. The predicted molar refractivity (Wildman–Crippen MR) is 109 cm³/mol. The van der Waals surface area contributed by atoms with Crippen LogP contribution in [0.3, 0.4) is 0 Å². The topological polar surface area (TPSA) is 31.6 Å². The first-order chi connectivity index (χ1) is 12.9. The van der Waals surface area contributed by atoms with Crippen molar-refractivity contribution in [1.29, 1.82) is 0 Å². The number of aromatic amines is 2. The summed E-state index contributed by atoms with van der Waals surface area (Å²) in [6, 6.07) is 35.1. The summed E-state index contributed by atoms with van der Waals surface area (Å²) in [6.07, 6.45) is 0. The molecule has 0 amide bonds. The van der Waals surface area contributed by atoms with Gasteiger partial charge in [-0.05, 0) is 22.9 Å². The minimum Gasteiger partial charge on any atom is -1.00 e. The van der Waals surface area contributed by atoms with Crippen molar-refractivity contribution in [2.75, 3.05) is 0 Å². The molecule has 0 aliphatic rings. The molecular formula is C24H16Cl2N2Zr. The molecule has 2 N–H and O–H groups in total. The Morgan fingerprint density at radius 1 is 0.483 bits per heavy atom. The molecule has 0 unspecified atom stereocenters. The summed E-state index contributed by atoms with van der Waals surface area (Å²) in [4.78, 5) is 6.64. The van der Waals surface area contributed by atoms with E-state index in [1.54, 1.807) is 0 Å². The molecule has 0 saturated heterocycles. The molecule has 2 aromatic heterocycles. The van der Waals surface area contributed by atoms with E-state index >= 15 is 0 Å². The van der Waals surface area contributed by atoms with Gasteiger partial charge in [-0.15, -0.1) is 10.8 Å². The van der Waals surface area contributed by atoms with Crippen LogP contribution in [0.5, 0.6) is 0 Å². The molecule has 0 bridgehead atoms. The largest absolute Gasteiger partial charge is 4.00 e. The summed E-state index contributed by atoms with van der Waals surface area (Å²) >= 11 is 0. The van der Waals surface area contributed by atoms with Crippen molar-refractivity contribution in [2.24, 2.45) is 0 Å². The number of halogens is 2. The number of para-hydroxylation sites is 4. The second kappa shape index (κ2) is 10.1. The Kier molecular flexibility index (Phi) is 8.10. The Bertz CT molecular complexity index is 1150. The van der Waals surface area contributed by atoms with Crippen LogP contribution in [0, 0.1) is 12.1 Å². The van der Waals surface area contributed by atoms with Gasteiger partial charge in [-0.2, -0.15) is 48.5 Å². The fourth-order valence-corrected chi connectivity index (χ4v) is 3.45. The number of aromatic nitrogens is 2. The zero-order valence-corrected chi connectivity index (χ0v) is 19.3. The summed E-state index contributed by atoms with van der Waals surface area (Å²) in [6.45, 7) is 0. The average molecular weight is 495 g/mol. The van der Waals surface area contributed by atoms with Gasteiger partial charge in [0.15, 0.2) is 0 Å². The molecule has 0 fully saturated rings. The van der Waals surface area contributed by atoms with Crippen molar-refractivity contribution < 1.29 is 51.0 Å². The Morgan fingerprint density at radius 2 is 0.862 bits per heavy atom. The van der Waals surface area contributed by atoms with E-state index in [1.807, 2.05) is 36.4 Å². The first kappa shape index (κ1) is 23.2. The number of fused-ring (bicyclic) bond motifs is 6. The molecule has 0 radical (unpaired) electrons. The molecular weight excluding hydrogens is 478 g/mol. The molecule has 6 rings (SSSR count). The third kappa shape index (κ3) is 4.43. The van der Waals surface area contributed by atoms with E-state index in [9.17, 15) is 0 Å². The van der Waals surface area contributed by atoms with E-state index in [4.69, 9.17) is 0 Å². The van der Waals surface area contributed by atoms with Crippen molar-refractivity contribution in [3.05, 3.63) is 97.1 Å². The van der Waals surface area contributed by atoms with Crippen LogP contribution in [0.2, 0.25) is 0 Å². The van der Waals surface area contributed by atoms with Crippen LogP contribution < -0.4 is 24.8 Å². The van der Waals surface area contributed by atoms with Crippen molar-refractivity contribution in [1.82, 2.24) is 9.97 Å². The maximum atomic E-state index is 3.32. The number of hydrogen-bond donors (Lipinski definition) is 2. The van der Waals surface area contributed by atoms with E-state index < -0.39 is 0 Å². The fourth-order valence-electron chi connectivity index (χ4n) is 3.45. The monoisotopic (exact) mass is 492 g/mol. The molecule has 0 aliphatic heterocycles. The SMILES string of the molecule is [Cl-].[Cl-].[Zr+4].[c-]1cccc2c1[nH]c1ccccc12.[c-]1cccc2c1[nH]c1ccccc12. The Morgan fingerprint density at radius 3 is 1.31 bits per heavy atom. The van der Waals surface area contributed by atoms with Gasteiger partial charge in [-0.25, -0.2) is 0 Å². The third-order valence-electron chi connectivity index (χ3n) is 4.67. The fraction of sp³-hybridized carbons (Fsp3) is 0. The Labute approximate surface area is 200 Å². The van der Waals surface area contributed by atoms with Gasteiger partial charge < -0.3 is 34.8 Å². The molecule has 140 valence electrons. The predicted octanol–water partition coefficient (Wildman–Crippen LogP) is 0.248. The maximum Gasteiger partial charge on any atom is 4.00 e. The first-order valence-electron chi connectivity index (χ1n) is 8.64. The summed E-state index contributed by atoms with van der Waals surface area (Å²) in [5.74, 6) is 0. The number of hydrogen-bond acceptors (Lipinski definition) is 0. The van der Waals surface area contributed by atoms with Crippen molar-refractivity contribution >= 4 is 43.6 Å². The van der Waals surface area contributed by atoms with Crippen LogP contribution in [0.15, 0.2) is 84.9 Å². The molecule has 0 atom stereocenters. The molecule has 2 nitrogen and oxygen atoms in total. The van der Waals surface area contributed by atoms with Crippen LogP contribution in [0.4, 0.5) is 0 Å². The van der Waals surface area contributed by atoms with Crippen LogP contribution in [0.1, 0.15) is 0 Å². The molecule has 5 heteroatoms. The van der Waals surface area contributed by atoms with Crippen LogP contribution in [-0.4, -0.2) is 9.97 Å². The summed E-state index contributed by atoms with van der Waals surface area (Å²) in [7, 11) is 0. The van der Waals surface area contributed by atoms with Gasteiger partial charge in [0.25, 0.3) is 0 Å². The van der Waals surface area contributed by atoms with Gasteiger partial charge in [0, 0.05) is 11.0 Å². The zero-order valence-electron chi connectivity index (χ0n) is 15.3. The van der Waals surface area contributed by atoms with E-state index in [2.05, 4.69) is 70.6 Å². The van der Waals surface area contributed by atoms with Crippen LogP contribution in [0.25, 0.3) is 43.6 Å². The normalized spacial score (nSPS) is 9.93. The Hall–Kier alpha value is -2.06. The van der Waals surface area contributed by atoms with Crippen molar-refractivity contribution in [3.8, 4) is 0 Å². The summed E-state index contributed by atoms with van der Waals surface area (Å²) in [5, 5.41) is 5.04. The molecule has 29 heavy (non-hydrogen) atoms. The maximum absolute atomic E-state index is 3.32. The van der Waals surface area contributed by atoms with Gasteiger partial charge in [0.2, 0.25) is 0 Å². The first-order valence-corrected chi connectivity index (χ1v) is 8.64. The molecule has 0 spiro atoms. The molecule has 6 aromatic rings. The Balaban J connectivity index is 0.000000187. The summed E-state index contributed by atoms with van der Waals surface area (Å²) in [5.41, 5.74) is 4.53. The van der Waals surface area contributed by atoms with E-state index in [1.165, 1.54) is 32.6 Å². The van der Waals surface area contributed by atoms with Crippen molar-refractivity contribution in [2.45, 2.75) is 0 Å². The van der Waals surface area contributed by atoms with E-state index in [0.717, 1.165) is 11.0 Å². The van der Waals surface area contributed by atoms with E-state index in [0.29, 0.717) is 0 Å². The third-order valence-corrected chi connectivity index (χ3v) is 4.67. The smallest absolute Gasteiger partial charge is 1.00 e. The standard InChI is InChI=1S/2C12H8N.2ClH.Zr/c2*1-3-7-11-9(5-1)10-6-2-4-8-12(10)13-11;;;/h2*1-7,13H;2*1H;/q2*-1;;;+4/p-2. The molecule has 4 aromatic carbocycles. The van der Waals surface area contributed by atoms with Gasteiger partial charge in [-0.3, -0.25) is 0 Å². The molecule has 0 saturated carbocycles.